The zero-order valence-corrected chi connectivity index (χ0v) is 11.5. The molecule has 12 heavy (non-hydrogen) atoms. The molecule has 0 aromatic carbocycles. The summed E-state index contributed by atoms with van der Waals surface area (Å²) in [6.07, 6.45) is 0.942. The van der Waals surface area contributed by atoms with Crippen LogP contribution in [0, 0.1) is 0 Å². The molecule has 0 bridgehead atoms. The largest absolute Gasteiger partial charge is 0.332 e. The van der Waals surface area contributed by atoms with Crippen LogP contribution in [0.5, 0.6) is 0 Å². The molecule has 0 saturated carbocycles. The lowest BCUT2D eigenvalue weighted by molar-refractivity contribution is 0.334. The van der Waals surface area contributed by atoms with E-state index in [-0.39, 0.29) is 4.99 Å². The van der Waals surface area contributed by atoms with E-state index in [1.165, 1.54) is 9.83 Å². The number of hydrogen-bond donors (Lipinski definition) is 1. The van der Waals surface area contributed by atoms with E-state index in [4.69, 9.17) is 20.9 Å². The average Bonchev–Trinajstić information content (AvgIpc) is 2.13. The minimum atomic E-state index is -2.08. The highest BCUT2D eigenvalue weighted by Gasteiger charge is 2.27. The standard InChI is InChI=1S/C5H13O2PS4/c1-4-5(11-12-10)8(9,6-2)7-3/h5,10H,4H2,1-3H3. The summed E-state index contributed by atoms with van der Waals surface area (Å²) in [5, 5.41) is 0. The topological polar surface area (TPSA) is 18.5 Å². The molecule has 0 radical (unpaired) electrons. The Kier molecular flexibility index (Phi) is 7.93. The van der Waals surface area contributed by atoms with Gasteiger partial charge in [0.15, 0.2) is 0 Å². The van der Waals surface area contributed by atoms with Crippen molar-refractivity contribution in [2.45, 2.75) is 18.3 Å². The first-order chi connectivity index (χ1) is 5.64. The Morgan fingerprint density at radius 3 is 2.25 bits per heavy atom. The molecule has 0 N–H and O–H groups in total. The monoisotopic (exact) mass is 264 g/mol. The molecule has 74 valence electrons. The minimum Gasteiger partial charge on any atom is -0.332 e. The Morgan fingerprint density at radius 2 is 2.00 bits per heavy atom. The van der Waals surface area contributed by atoms with Gasteiger partial charge in [-0.2, -0.15) is 0 Å². The van der Waals surface area contributed by atoms with E-state index >= 15 is 0 Å². The lowest BCUT2D eigenvalue weighted by atomic mass is 10.6. The number of hydrogen-bond acceptors (Lipinski definition) is 6. The van der Waals surface area contributed by atoms with Gasteiger partial charge in [0, 0.05) is 14.2 Å². The van der Waals surface area contributed by atoms with E-state index in [1.807, 2.05) is 0 Å². The van der Waals surface area contributed by atoms with Crippen molar-refractivity contribution in [2.24, 2.45) is 0 Å². The second kappa shape index (κ2) is 6.98. The minimum absolute atomic E-state index is 0.227. The normalized spacial score (nSPS) is 14.7. The third-order valence-electron chi connectivity index (χ3n) is 1.37. The fraction of sp³-hybridized carbons (Fsp3) is 1.00. The van der Waals surface area contributed by atoms with Crippen LogP contribution in [-0.2, 0) is 20.9 Å². The zero-order chi connectivity index (χ0) is 9.61. The second-order valence-electron chi connectivity index (χ2n) is 1.94. The van der Waals surface area contributed by atoms with Crippen molar-refractivity contribution in [3.8, 4) is 0 Å². The molecule has 0 aliphatic rings. The predicted molar refractivity (Wildman–Crippen MR) is 66.6 cm³/mol. The number of thiol groups is 1. The summed E-state index contributed by atoms with van der Waals surface area (Å²) in [4.78, 5) is 0.227. The van der Waals surface area contributed by atoms with Crippen LogP contribution in [0.25, 0.3) is 0 Å². The summed E-state index contributed by atoms with van der Waals surface area (Å²) in [6, 6.07) is 0. The first kappa shape index (κ1) is 13.6. The maximum absolute atomic E-state index is 5.29. The third kappa shape index (κ3) is 3.78. The molecule has 0 heterocycles. The molecule has 1 atom stereocenters. The van der Waals surface area contributed by atoms with Gasteiger partial charge in [0.2, 0.25) is 6.49 Å². The van der Waals surface area contributed by atoms with Gasteiger partial charge in [0.1, 0.15) is 0 Å². The van der Waals surface area contributed by atoms with E-state index in [0.29, 0.717) is 0 Å². The summed E-state index contributed by atoms with van der Waals surface area (Å²) >= 11 is 9.35. The Labute approximate surface area is 91.9 Å². The molecule has 0 saturated heterocycles. The predicted octanol–water partition coefficient (Wildman–Crippen LogP) is 3.55. The van der Waals surface area contributed by atoms with E-state index in [1.54, 1.807) is 25.0 Å². The summed E-state index contributed by atoms with van der Waals surface area (Å²) < 4.78 is 10.5. The quantitative estimate of drug-likeness (QED) is 0.448. The van der Waals surface area contributed by atoms with Crippen LogP contribution in [0.1, 0.15) is 13.3 Å². The molecule has 7 heteroatoms. The summed E-state index contributed by atoms with van der Waals surface area (Å²) in [7, 11) is 6.23. The molecule has 0 amide bonds. The van der Waals surface area contributed by atoms with Gasteiger partial charge in [0.05, 0.1) is 4.99 Å². The Hall–Kier alpha value is 1.62. The van der Waals surface area contributed by atoms with E-state index in [0.717, 1.165) is 6.42 Å². The van der Waals surface area contributed by atoms with Crippen LogP contribution in [0.15, 0.2) is 0 Å². The van der Waals surface area contributed by atoms with E-state index < -0.39 is 6.49 Å². The van der Waals surface area contributed by atoms with Crippen LogP contribution in [-0.4, -0.2) is 19.2 Å². The van der Waals surface area contributed by atoms with Crippen molar-refractivity contribution < 1.29 is 9.05 Å². The zero-order valence-electron chi connectivity index (χ0n) is 7.22. The Balaban J connectivity index is 4.33. The first-order valence-electron chi connectivity index (χ1n) is 3.32. The van der Waals surface area contributed by atoms with Gasteiger partial charge in [-0.05, 0) is 28.1 Å². The molecular weight excluding hydrogens is 251 g/mol. The fourth-order valence-electron chi connectivity index (χ4n) is 0.704. The SMILES string of the molecule is CCC(SSS)P(=S)(OC)OC. The van der Waals surface area contributed by atoms with Crippen LogP contribution in [0.2, 0.25) is 0 Å². The molecule has 0 aliphatic carbocycles. The van der Waals surface area contributed by atoms with Gasteiger partial charge in [-0.25, -0.2) is 0 Å². The lowest BCUT2D eigenvalue weighted by Crippen LogP contribution is -2.03. The molecule has 0 aliphatic heterocycles. The van der Waals surface area contributed by atoms with Gasteiger partial charge in [-0.15, -0.1) is 0 Å². The highest BCUT2D eigenvalue weighted by molar-refractivity contribution is 9.06. The Bertz CT molecular complexity index is 158. The van der Waals surface area contributed by atoms with Gasteiger partial charge in [-0.1, -0.05) is 29.4 Å². The van der Waals surface area contributed by atoms with Gasteiger partial charge >= 0.3 is 0 Å². The lowest BCUT2D eigenvalue weighted by Gasteiger charge is -2.25. The average molecular weight is 264 g/mol. The van der Waals surface area contributed by atoms with Crippen LogP contribution >= 0.6 is 38.8 Å². The van der Waals surface area contributed by atoms with Crippen molar-refractivity contribution in [1.82, 2.24) is 0 Å². The molecule has 0 spiro atoms. The van der Waals surface area contributed by atoms with E-state index in [2.05, 4.69) is 18.6 Å². The van der Waals surface area contributed by atoms with E-state index in [9.17, 15) is 0 Å². The summed E-state index contributed by atoms with van der Waals surface area (Å²) in [6.45, 7) is -0.0110. The highest BCUT2D eigenvalue weighted by Crippen LogP contribution is 2.60. The van der Waals surface area contributed by atoms with Crippen LogP contribution < -0.4 is 0 Å². The molecule has 1 unspecified atom stereocenters. The molecule has 0 fully saturated rings. The van der Waals surface area contributed by atoms with Gasteiger partial charge < -0.3 is 9.05 Å². The summed E-state index contributed by atoms with van der Waals surface area (Å²) in [5.41, 5.74) is 0. The summed E-state index contributed by atoms with van der Waals surface area (Å²) in [5.74, 6) is 0. The second-order valence-corrected chi connectivity index (χ2v) is 9.52. The van der Waals surface area contributed by atoms with Crippen molar-refractivity contribution in [2.75, 3.05) is 14.2 Å². The maximum Gasteiger partial charge on any atom is 0.202 e. The molecule has 2 nitrogen and oxygen atoms in total. The van der Waals surface area contributed by atoms with Crippen LogP contribution in [0.3, 0.4) is 0 Å². The van der Waals surface area contributed by atoms with Gasteiger partial charge in [0.25, 0.3) is 0 Å². The molecule has 0 aromatic rings. The molecule has 0 rings (SSSR count). The van der Waals surface area contributed by atoms with Gasteiger partial charge in [-0.3, -0.25) is 0 Å². The highest BCUT2D eigenvalue weighted by atomic mass is 33.5. The third-order valence-corrected chi connectivity index (χ3v) is 9.46. The molecule has 0 aromatic heterocycles. The van der Waals surface area contributed by atoms with Crippen LogP contribution in [0.4, 0.5) is 0 Å². The Morgan fingerprint density at radius 1 is 1.50 bits per heavy atom. The molecular formula is C5H13O2PS4. The smallest absolute Gasteiger partial charge is 0.202 e. The van der Waals surface area contributed by atoms with Crippen molar-refractivity contribution in [1.29, 1.82) is 0 Å². The van der Waals surface area contributed by atoms with Crippen molar-refractivity contribution in [3.05, 3.63) is 0 Å². The first-order valence-corrected chi connectivity index (χ1v) is 9.30. The van der Waals surface area contributed by atoms with Crippen molar-refractivity contribution in [3.63, 3.8) is 0 Å². The number of rotatable bonds is 6. The fourth-order valence-corrected chi connectivity index (χ4v) is 7.93. The maximum atomic E-state index is 5.29. The van der Waals surface area contributed by atoms with Crippen molar-refractivity contribution >= 4 is 50.6 Å².